The summed E-state index contributed by atoms with van der Waals surface area (Å²) in [6, 6.07) is 8.54. The number of aromatic hydroxyl groups is 1. The molecule has 0 saturated carbocycles. The van der Waals surface area contributed by atoms with E-state index in [0.717, 1.165) is 0 Å². The third-order valence-electron chi connectivity index (χ3n) is 2.40. The zero-order valence-electron chi connectivity index (χ0n) is 10.0. The molecule has 0 aliphatic heterocycles. The van der Waals surface area contributed by atoms with Crippen LogP contribution in [-0.4, -0.2) is 15.1 Å². The summed E-state index contributed by atoms with van der Waals surface area (Å²) in [5.41, 5.74) is 1.49. The smallest absolute Gasteiger partial charge is 0.323 e. The highest BCUT2D eigenvalue weighted by Crippen LogP contribution is 2.28. The van der Waals surface area contributed by atoms with Gasteiger partial charge in [-0.25, -0.2) is 4.98 Å². The summed E-state index contributed by atoms with van der Waals surface area (Å²) >= 11 is 0. The summed E-state index contributed by atoms with van der Waals surface area (Å²) in [6.07, 6.45) is 0. The maximum Gasteiger partial charge on any atom is 0.323 e. The fraction of sp³-hybridized carbons (Fsp3) is 0.154. The molecular weight excluding hydrogens is 230 g/mol. The van der Waals surface area contributed by atoms with E-state index in [4.69, 9.17) is 10.00 Å². The fourth-order valence-electron chi connectivity index (χ4n) is 1.46. The standard InChI is InChI=1S/C13H11N3O2/c1-8-6-10(7-14)16-13(15-8)18-12-5-3-4-11(17)9(12)2/h3-6,17H,1-2H3. The lowest BCUT2D eigenvalue weighted by Crippen LogP contribution is -1.97. The Balaban J connectivity index is 2.37. The molecule has 0 saturated heterocycles. The highest BCUT2D eigenvalue weighted by atomic mass is 16.5. The van der Waals surface area contributed by atoms with Gasteiger partial charge in [0.25, 0.3) is 0 Å². The predicted octanol–water partition coefficient (Wildman–Crippen LogP) is 2.46. The van der Waals surface area contributed by atoms with Crippen LogP contribution in [-0.2, 0) is 0 Å². The molecule has 1 N–H and O–H groups in total. The van der Waals surface area contributed by atoms with Crippen molar-refractivity contribution in [3.63, 3.8) is 0 Å². The highest BCUT2D eigenvalue weighted by molar-refractivity contribution is 5.43. The zero-order valence-corrected chi connectivity index (χ0v) is 10.0. The molecule has 0 amide bonds. The maximum atomic E-state index is 9.56. The molecule has 1 aromatic heterocycles. The Bertz CT molecular complexity index is 633. The average molecular weight is 241 g/mol. The van der Waals surface area contributed by atoms with Crippen molar-refractivity contribution in [2.24, 2.45) is 0 Å². The molecule has 2 rings (SSSR count). The van der Waals surface area contributed by atoms with Crippen LogP contribution in [0.1, 0.15) is 17.0 Å². The van der Waals surface area contributed by atoms with E-state index in [1.54, 1.807) is 38.1 Å². The van der Waals surface area contributed by atoms with Gasteiger partial charge in [0.15, 0.2) is 0 Å². The van der Waals surface area contributed by atoms with Gasteiger partial charge in [0.1, 0.15) is 23.3 Å². The van der Waals surface area contributed by atoms with Gasteiger partial charge >= 0.3 is 6.01 Å². The number of rotatable bonds is 2. The minimum atomic E-state index is 0.0975. The lowest BCUT2D eigenvalue weighted by atomic mass is 10.2. The number of phenols is 1. The van der Waals surface area contributed by atoms with Crippen molar-refractivity contribution in [3.8, 4) is 23.6 Å². The number of hydrogen-bond donors (Lipinski definition) is 1. The maximum absolute atomic E-state index is 9.56. The second kappa shape index (κ2) is 4.72. The minimum absolute atomic E-state index is 0.0975. The molecule has 5 nitrogen and oxygen atoms in total. The SMILES string of the molecule is Cc1cc(C#N)nc(Oc2cccc(O)c2C)n1. The third kappa shape index (κ3) is 2.38. The summed E-state index contributed by atoms with van der Waals surface area (Å²) in [5, 5.41) is 18.4. The van der Waals surface area contributed by atoms with Gasteiger partial charge in [0.05, 0.1) is 0 Å². The summed E-state index contributed by atoms with van der Waals surface area (Å²) in [4.78, 5) is 8.02. The van der Waals surface area contributed by atoms with Crippen LogP contribution >= 0.6 is 0 Å². The van der Waals surface area contributed by atoms with Gasteiger partial charge in [-0.1, -0.05) is 6.07 Å². The van der Waals surface area contributed by atoms with Crippen LogP contribution in [0.25, 0.3) is 0 Å². The Hall–Kier alpha value is -2.61. The van der Waals surface area contributed by atoms with Crippen LogP contribution in [0.2, 0.25) is 0 Å². The van der Waals surface area contributed by atoms with Crippen molar-refractivity contribution in [1.29, 1.82) is 5.26 Å². The number of aryl methyl sites for hydroxylation is 1. The van der Waals surface area contributed by atoms with Crippen LogP contribution in [0.15, 0.2) is 24.3 Å². The molecule has 2 aromatic rings. The molecule has 0 unspecified atom stereocenters. The molecule has 90 valence electrons. The van der Waals surface area contributed by atoms with Gasteiger partial charge < -0.3 is 9.84 Å². The molecular formula is C13H11N3O2. The third-order valence-corrected chi connectivity index (χ3v) is 2.40. The molecule has 0 aliphatic rings. The van der Waals surface area contributed by atoms with E-state index in [9.17, 15) is 5.11 Å². The molecule has 1 aromatic carbocycles. The highest BCUT2D eigenvalue weighted by Gasteiger charge is 2.08. The fourth-order valence-corrected chi connectivity index (χ4v) is 1.46. The van der Waals surface area contributed by atoms with Gasteiger partial charge in [-0.2, -0.15) is 10.2 Å². The number of hydrogen-bond acceptors (Lipinski definition) is 5. The monoisotopic (exact) mass is 241 g/mol. The second-order valence-electron chi connectivity index (χ2n) is 3.79. The van der Waals surface area contributed by atoms with Crippen LogP contribution < -0.4 is 4.74 Å². The average Bonchev–Trinajstić information content (AvgIpc) is 2.34. The molecule has 18 heavy (non-hydrogen) atoms. The van der Waals surface area contributed by atoms with E-state index in [2.05, 4.69) is 9.97 Å². The predicted molar refractivity (Wildman–Crippen MR) is 64.4 cm³/mol. The Morgan fingerprint density at radius 2 is 2.06 bits per heavy atom. The van der Waals surface area contributed by atoms with Crippen molar-refractivity contribution in [2.45, 2.75) is 13.8 Å². The molecule has 1 heterocycles. The van der Waals surface area contributed by atoms with Crippen molar-refractivity contribution in [2.75, 3.05) is 0 Å². The lowest BCUT2D eigenvalue weighted by Gasteiger charge is -2.08. The number of aromatic nitrogens is 2. The number of nitriles is 1. The largest absolute Gasteiger partial charge is 0.508 e. The van der Waals surface area contributed by atoms with Crippen LogP contribution in [0.5, 0.6) is 17.5 Å². The van der Waals surface area contributed by atoms with Crippen LogP contribution in [0.3, 0.4) is 0 Å². The summed E-state index contributed by atoms with van der Waals surface area (Å²) in [5.74, 6) is 0.602. The first-order valence-electron chi connectivity index (χ1n) is 5.32. The molecule has 0 bridgehead atoms. The van der Waals surface area contributed by atoms with E-state index in [1.165, 1.54) is 0 Å². The number of phenolic OH excluding ortho intramolecular Hbond substituents is 1. The summed E-state index contributed by atoms with van der Waals surface area (Å²) in [7, 11) is 0. The van der Waals surface area contributed by atoms with E-state index < -0.39 is 0 Å². The van der Waals surface area contributed by atoms with Gasteiger partial charge in [0.2, 0.25) is 0 Å². The number of benzene rings is 1. The van der Waals surface area contributed by atoms with Gasteiger partial charge in [0, 0.05) is 11.3 Å². The Morgan fingerprint density at radius 1 is 1.28 bits per heavy atom. The number of nitrogens with zero attached hydrogens (tertiary/aromatic N) is 3. The van der Waals surface area contributed by atoms with Crippen molar-refractivity contribution in [1.82, 2.24) is 9.97 Å². The topological polar surface area (TPSA) is 79.0 Å². The molecule has 0 atom stereocenters. The van der Waals surface area contributed by atoms with Crippen LogP contribution in [0, 0.1) is 25.2 Å². The first-order valence-corrected chi connectivity index (χ1v) is 5.32. The Kier molecular flexibility index (Phi) is 3.11. The minimum Gasteiger partial charge on any atom is -0.508 e. The van der Waals surface area contributed by atoms with E-state index in [1.807, 2.05) is 6.07 Å². The van der Waals surface area contributed by atoms with Crippen molar-refractivity contribution >= 4 is 0 Å². The van der Waals surface area contributed by atoms with E-state index >= 15 is 0 Å². The molecule has 0 aliphatic carbocycles. The number of ether oxygens (including phenoxy) is 1. The first-order chi connectivity index (χ1) is 8.60. The first kappa shape index (κ1) is 11.9. The van der Waals surface area contributed by atoms with Gasteiger partial charge in [-0.15, -0.1) is 0 Å². The van der Waals surface area contributed by atoms with Gasteiger partial charge in [-0.05, 0) is 32.0 Å². The zero-order chi connectivity index (χ0) is 13.1. The van der Waals surface area contributed by atoms with Crippen molar-refractivity contribution in [3.05, 3.63) is 41.2 Å². The quantitative estimate of drug-likeness (QED) is 0.873. The summed E-state index contributed by atoms with van der Waals surface area (Å²) < 4.78 is 5.48. The molecule has 0 spiro atoms. The molecule has 0 radical (unpaired) electrons. The van der Waals surface area contributed by atoms with E-state index in [0.29, 0.717) is 17.0 Å². The second-order valence-corrected chi connectivity index (χ2v) is 3.79. The Labute approximate surface area is 104 Å². The lowest BCUT2D eigenvalue weighted by molar-refractivity contribution is 0.424. The van der Waals surface area contributed by atoms with E-state index in [-0.39, 0.29) is 17.5 Å². The molecule has 5 heteroatoms. The normalized spacial score (nSPS) is 9.83. The van der Waals surface area contributed by atoms with Gasteiger partial charge in [-0.3, -0.25) is 0 Å². The summed E-state index contributed by atoms with van der Waals surface area (Å²) in [6.45, 7) is 3.48. The van der Waals surface area contributed by atoms with Crippen LogP contribution in [0.4, 0.5) is 0 Å². The Morgan fingerprint density at radius 3 is 2.78 bits per heavy atom. The molecule has 0 fully saturated rings. The van der Waals surface area contributed by atoms with Crippen molar-refractivity contribution < 1.29 is 9.84 Å².